The van der Waals surface area contributed by atoms with Crippen LogP contribution in [0, 0.1) is 27.6 Å². The minimum atomic E-state index is -1.61. The van der Waals surface area contributed by atoms with Crippen molar-refractivity contribution in [3.8, 4) is 0 Å². The Balaban J connectivity index is 2.42. The Morgan fingerprint density at radius 2 is 1.71 bits per heavy atom. The lowest BCUT2D eigenvalue weighted by atomic mass is 10.2. The van der Waals surface area contributed by atoms with Crippen LogP contribution in [0.4, 0.5) is 35.9 Å². The first kappa shape index (κ1) is 14.6. The summed E-state index contributed by atoms with van der Waals surface area (Å²) in [5.41, 5.74) is 0.0249. The molecule has 5 nitrogen and oxygen atoms in total. The first-order valence-corrected chi connectivity index (χ1v) is 5.80. The Hall–Kier alpha value is -2.77. The average Bonchev–Trinajstić information content (AvgIpc) is 2.47. The van der Waals surface area contributed by atoms with Crippen LogP contribution in [0.3, 0.4) is 0 Å². The van der Waals surface area contributed by atoms with E-state index in [1.54, 1.807) is 7.05 Å². The lowest BCUT2D eigenvalue weighted by Gasteiger charge is -2.10. The average molecular weight is 297 g/mol. The third-order valence-electron chi connectivity index (χ3n) is 2.73. The van der Waals surface area contributed by atoms with Crippen molar-refractivity contribution >= 4 is 22.7 Å². The van der Waals surface area contributed by atoms with Crippen LogP contribution >= 0.6 is 0 Å². The number of rotatable bonds is 4. The van der Waals surface area contributed by atoms with Gasteiger partial charge < -0.3 is 10.6 Å². The van der Waals surface area contributed by atoms with Crippen molar-refractivity contribution in [1.82, 2.24) is 0 Å². The van der Waals surface area contributed by atoms with Gasteiger partial charge in [-0.15, -0.1) is 0 Å². The number of non-ortho nitro benzene ring substituents is 1. The number of nitro groups is 1. The van der Waals surface area contributed by atoms with Crippen LogP contribution in [0.1, 0.15) is 0 Å². The molecule has 8 heteroatoms. The minimum Gasteiger partial charge on any atom is -0.388 e. The number of hydrogen-bond acceptors (Lipinski definition) is 4. The van der Waals surface area contributed by atoms with Gasteiger partial charge in [0.2, 0.25) is 0 Å². The first-order chi connectivity index (χ1) is 9.92. The molecule has 2 rings (SSSR count). The van der Waals surface area contributed by atoms with E-state index in [1.807, 2.05) is 0 Å². The van der Waals surface area contributed by atoms with E-state index < -0.39 is 22.4 Å². The maximum atomic E-state index is 13.6. The number of hydrogen-bond donors (Lipinski definition) is 2. The molecule has 2 aromatic rings. The Morgan fingerprint density at radius 3 is 2.33 bits per heavy atom. The summed E-state index contributed by atoms with van der Waals surface area (Å²) in [5, 5.41) is 16.0. The smallest absolute Gasteiger partial charge is 0.273 e. The van der Waals surface area contributed by atoms with Crippen LogP contribution in [0.15, 0.2) is 30.3 Å². The molecule has 0 fully saturated rings. The van der Waals surface area contributed by atoms with Crippen molar-refractivity contribution in [2.45, 2.75) is 0 Å². The largest absolute Gasteiger partial charge is 0.388 e. The van der Waals surface area contributed by atoms with E-state index in [0.29, 0.717) is 5.69 Å². The summed E-state index contributed by atoms with van der Waals surface area (Å²) in [5.74, 6) is -4.32. The van der Waals surface area contributed by atoms with Gasteiger partial charge in [-0.3, -0.25) is 10.1 Å². The van der Waals surface area contributed by atoms with Crippen LogP contribution in [0.2, 0.25) is 0 Å². The maximum Gasteiger partial charge on any atom is 0.273 e. The number of anilines is 3. The quantitative estimate of drug-likeness (QED) is 0.512. The molecule has 0 aliphatic rings. The maximum absolute atomic E-state index is 13.6. The number of nitrogens with one attached hydrogen (secondary N) is 2. The Labute approximate surface area is 117 Å². The summed E-state index contributed by atoms with van der Waals surface area (Å²) in [7, 11) is 1.56. The van der Waals surface area contributed by atoms with Gasteiger partial charge in [-0.25, -0.2) is 13.2 Å². The first-order valence-electron chi connectivity index (χ1n) is 5.80. The number of nitrogens with zero attached hydrogens (tertiary/aromatic N) is 1. The Bertz CT molecular complexity index is 707. The van der Waals surface area contributed by atoms with Crippen molar-refractivity contribution in [1.29, 1.82) is 0 Å². The number of benzene rings is 2. The molecule has 2 aromatic carbocycles. The van der Waals surface area contributed by atoms with Crippen LogP contribution in [0.5, 0.6) is 0 Å². The van der Waals surface area contributed by atoms with Crippen LogP contribution in [0.25, 0.3) is 0 Å². The highest BCUT2D eigenvalue weighted by atomic mass is 19.2. The zero-order chi connectivity index (χ0) is 15.6. The topological polar surface area (TPSA) is 67.2 Å². The SMILES string of the molecule is CNc1cc(Nc2ccc(F)c(F)c2F)cc([N+](=O)[O-])c1. The highest BCUT2D eigenvalue weighted by molar-refractivity contribution is 5.69. The van der Waals surface area contributed by atoms with Gasteiger partial charge in [-0.1, -0.05) is 0 Å². The van der Waals surface area contributed by atoms with Gasteiger partial charge in [-0.2, -0.15) is 0 Å². The molecule has 0 unspecified atom stereocenters. The summed E-state index contributed by atoms with van der Waals surface area (Å²) < 4.78 is 39.5. The summed E-state index contributed by atoms with van der Waals surface area (Å²) >= 11 is 0. The van der Waals surface area contributed by atoms with E-state index in [2.05, 4.69) is 10.6 Å². The Morgan fingerprint density at radius 1 is 1.05 bits per heavy atom. The van der Waals surface area contributed by atoms with Crippen molar-refractivity contribution in [3.63, 3.8) is 0 Å². The van der Waals surface area contributed by atoms with E-state index in [1.165, 1.54) is 12.1 Å². The molecule has 110 valence electrons. The fourth-order valence-corrected chi connectivity index (χ4v) is 1.71. The molecule has 21 heavy (non-hydrogen) atoms. The zero-order valence-electron chi connectivity index (χ0n) is 10.8. The highest BCUT2D eigenvalue weighted by Gasteiger charge is 2.15. The van der Waals surface area contributed by atoms with Crippen LogP contribution in [-0.4, -0.2) is 12.0 Å². The van der Waals surface area contributed by atoms with E-state index in [0.717, 1.165) is 18.2 Å². The van der Waals surface area contributed by atoms with E-state index in [9.17, 15) is 23.3 Å². The number of halogens is 3. The molecule has 0 aromatic heterocycles. The molecular weight excluding hydrogens is 287 g/mol. The van der Waals surface area contributed by atoms with Crippen molar-refractivity contribution in [2.24, 2.45) is 0 Å². The monoisotopic (exact) mass is 297 g/mol. The van der Waals surface area contributed by atoms with Gasteiger partial charge in [0.05, 0.1) is 10.6 Å². The van der Waals surface area contributed by atoms with Crippen molar-refractivity contribution in [2.75, 3.05) is 17.7 Å². The summed E-state index contributed by atoms with van der Waals surface area (Å²) in [6.07, 6.45) is 0. The van der Waals surface area contributed by atoms with E-state index in [4.69, 9.17) is 0 Å². The van der Waals surface area contributed by atoms with Crippen molar-refractivity contribution in [3.05, 3.63) is 57.9 Å². The molecule has 0 amide bonds. The fourth-order valence-electron chi connectivity index (χ4n) is 1.71. The third kappa shape index (κ3) is 3.04. The molecule has 0 saturated heterocycles. The van der Waals surface area contributed by atoms with Gasteiger partial charge in [0.1, 0.15) is 0 Å². The molecular formula is C13H10F3N3O2. The fraction of sp³-hybridized carbons (Fsp3) is 0.0769. The highest BCUT2D eigenvalue weighted by Crippen LogP contribution is 2.28. The lowest BCUT2D eigenvalue weighted by molar-refractivity contribution is -0.384. The summed E-state index contributed by atoms with van der Waals surface area (Å²) in [4.78, 5) is 10.2. The standard InChI is InChI=1S/C13H10F3N3O2/c1-17-7-4-8(6-9(5-7)19(20)21)18-11-3-2-10(14)12(15)13(11)16/h2-6,17-18H,1H3. The van der Waals surface area contributed by atoms with E-state index >= 15 is 0 Å². The number of nitro benzene ring substituents is 1. The predicted octanol–water partition coefficient (Wildman–Crippen LogP) is 3.80. The molecule has 0 spiro atoms. The minimum absolute atomic E-state index is 0.165. The molecule has 0 atom stereocenters. The Kier molecular flexibility index (Phi) is 3.97. The second kappa shape index (κ2) is 5.70. The van der Waals surface area contributed by atoms with Gasteiger partial charge >= 0.3 is 0 Å². The second-order valence-corrected chi connectivity index (χ2v) is 4.12. The van der Waals surface area contributed by atoms with Gasteiger partial charge in [0.15, 0.2) is 17.5 Å². The van der Waals surface area contributed by atoms with Crippen molar-refractivity contribution < 1.29 is 18.1 Å². The normalized spacial score (nSPS) is 10.3. The molecule has 2 N–H and O–H groups in total. The molecule has 0 bridgehead atoms. The predicted molar refractivity (Wildman–Crippen MR) is 72.2 cm³/mol. The molecule has 0 radical (unpaired) electrons. The second-order valence-electron chi connectivity index (χ2n) is 4.12. The summed E-state index contributed by atoms with van der Waals surface area (Å²) in [6, 6.07) is 5.67. The van der Waals surface area contributed by atoms with Crippen LogP contribution < -0.4 is 10.6 Å². The van der Waals surface area contributed by atoms with Crippen LogP contribution in [-0.2, 0) is 0 Å². The molecule has 0 aliphatic heterocycles. The summed E-state index contributed by atoms with van der Waals surface area (Å²) in [6.45, 7) is 0. The lowest BCUT2D eigenvalue weighted by Crippen LogP contribution is -2.00. The van der Waals surface area contributed by atoms with Gasteiger partial charge in [-0.05, 0) is 18.2 Å². The van der Waals surface area contributed by atoms with Gasteiger partial charge in [0, 0.05) is 30.6 Å². The van der Waals surface area contributed by atoms with E-state index in [-0.39, 0.29) is 17.1 Å². The zero-order valence-corrected chi connectivity index (χ0v) is 10.8. The van der Waals surface area contributed by atoms with Gasteiger partial charge in [0.25, 0.3) is 5.69 Å². The third-order valence-corrected chi connectivity index (χ3v) is 2.73. The molecule has 0 heterocycles. The molecule has 0 saturated carbocycles. The molecule has 0 aliphatic carbocycles.